The molecule has 2 heterocycles. The van der Waals surface area contributed by atoms with Crippen molar-refractivity contribution in [3.63, 3.8) is 0 Å². The van der Waals surface area contributed by atoms with Crippen molar-refractivity contribution in [1.82, 2.24) is 14.9 Å². The Morgan fingerprint density at radius 2 is 2.22 bits per heavy atom. The predicted octanol–water partition coefficient (Wildman–Crippen LogP) is 2.92. The van der Waals surface area contributed by atoms with Crippen LogP contribution in [-0.2, 0) is 13.0 Å². The quantitative estimate of drug-likeness (QED) is 0.347. The molecule has 1 aliphatic rings. The molecule has 0 bridgehead atoms. The third-order valence-corrected chi connectivity index (χ3v) is 3.87. The molecule has 1 aliphatic heterocycles. The van der Waals surface area contributed by atoms with Crippen LogP contribution in [0.25, 0.3) is 0 Å². The highest BCUT2D eigenvalue weighted by Gasteiger charge is 2.22. The van der Waals surface area contributed by atoms with Crippen LogP contribution >= 0.6 is 24.0 Å². The molecule has 0 saturated carbocycles. The van der Waals surface area contributed by atoms with Crippen LogP contribution in [0.3, 0.4) is 0 Å². The molecule has 1 N–H and O–H groups in total. The summed E-state index contributed by atoms with van der Waals surface area (Å²) in [4.78, 5) is 11.2. The lowest BCUT2D eigenvalue weighted by Gasteiger charge is -2.22. The number of benzene rings is 1. The number of anilines is 1. The van der Waals surface area contributed by atoms with Gasteiger partial charge in [-0.2, -0.15) is 0 Å². The number of nitrogens with zero attached hydrogens (tertiary/aromatic N) is 4. The summed E-state index contributed by atoms with van der Waals surface area (Å²) in [7, 11) is 0. The molecule has 0 spiro atoms. The number of hydrogen-bond acceptors (Lipinski definition) is 2. The lowest BCUT2D eigenvalue weighted by atomic mass is 10.2. The summed E-state index contributed by atoms with van der Waals surface area (Å²) in [5, 5.41) is 3.42. The number of fused-ring (bicyclic) bond motifs is 1. The van der Waals surface area contributed by atoms with Gasteiger partial charge in [-0.15, -0.1) is 24.0 Å². The second-order valence-corrected chi connectivity index (χ2v) is 5.42. The minimum Gasteiger partial charge on any atom is -0.356 e. The third kappa shape index (κ3) is 4.46. The van der Waals surface area contributed by atoms with Crippen LogP contribution in [0.4, 0.5) is 5.69 Å². The standard InChI is InChI=1S/C17H23N5.HI/c1-2-19-17(20-9-5-11-21-13-10-18-14-21)22-12-8-15-6-3-4-7-16(15)22;/h3-4,6-7,10,13-14H,2,5,8-9,11-12H2,1H3,(H,19,20);1H. The van der Waals surface area contributed by atoms with E-state index in [0.29, 0.717) is 0 Å². The topological polar surface area (TPSA) is 45.5 Å². The van der Waals surface area contributed by atoms with Gasteiger partial charge >= 0.3 is 0 Å². The average Bonchev–Trinajstić information content (AvgIpc) is 3.20. The van der Waals surface area contributed by atoms with E-state index in [1.165, 1.54) is 11.3 Å². The van der Waals surface area contributed by atoms with Crippen LogP contribution in [0.2, 0.25) is 0 Å². The highest BCUT2D eigenvalue weighted by atomic mass is 127. The first-order valence-electron chi connectivity index (χ1n) is 7.98. The van der Waals surface area contributed by atoms with E-state index in [2.05, 4.69) is 51.0 Å². The van der Waals surface area contributed by atoms with Gasteiger partial charge in [-0.25, -0.2) is 4.98 Å². The van der Waals surface area contributed by atoms with Crippen LogP contribution in [0.1, 0.15) is 18.9 Å². The molecule has 1 aromatic heterocycles. The Labute approximate surface area is 154 Å². The number of aromatic nitrogens is 2. The van der Waals surface area contributed by atoms with Gasteiger partial charge in [0.2, 0.25) is 0 Å². The first-order chi connectivity index (χ1) is 10.9. The van der Waals surface area contributed by atoms with Crippen LogP contribution in [-0.4, -0.2) is 35.1 Å². The van der Waals surface area contributed by atoms with Gasteiger partial charge in [0.25, 0.3) is 0 Å². The van der Waals surface area contributed by atoms with Crippen LogP contribution < -0.4 is 10.2 Å². The van der Waals surface area contributed by atoms with Gasteiger partial charge in [0.05, 0.1) is 6.33 Å². The van der Waals surface area contributed by atoms with Gasteiger partial charge in [-0.05, 0) is 31.4 Å². The number of guanidine groups is 1. The van der Waals surface area contributed by atoms with Gasteiger partial charge in [0.1, 0.15) is 0 Å². The third-order valence-electron chi connectivity index (χ3n) is 3.87. The molecule has 5 nitrogen and oxygen atoms in total. The summed E-state index contributed by atoms with van der Waals surface area (Å²) in [6.45, 7) is 5.79. The van der Waals surface area contributed by atoms with Crippen molar-refractivity contribution in [1.29, 1.82) is 0 Å². The lowest BCUT2D eigenvalue weighted by molar-refractivity contribution is 0.648. The normalized spacial score (nSPS) is 13.6. The molecule has 1 aromatic carbocycles. The Hall–Kier alpha value is -1.57. The molecule has 0 radical (unpaired) electrons. The second-order valence-electron chi connectivity index (χ2n) is 5.42. The molecule has 3 rings (SSSR count). The second kappa shape index (κ2) is 8.90. The Morgan fingerprint density at radius 1 is 1.35 bits per heavy atom. The van der Waals surface area contributed by atoms with E-state index in [1.54, 1.807) is 0 Å². The molecule has 0 aliphatic carbocycles. The Kier molecular flexibility index (Phi) is 6.88. The number of hydrogen-bond donors (Lipinski definition) is 1. The van der Waals surface area contributed by atoms with Crippen molar-refractivity contribution >= 4 is 35.6 Å². The highest BCUT2D eigenvalue weighted by molar-refractivity contribution is 14.0. The van der Waals surface area contributed by atoms with Crippen molar-refractivity contribution in [2.24, 2.45) is 4.99 Å². The van der Waals surface area contributed by atoms with E-state index >= 15 is 0 Å². The van der Waals surface area contributed by atoms with Gasteiger partial charge in [-0.1, -0.05) is 18.2 Å². The van der Waals surface area contributed by atoms with E-state index in [-0.39, 0.29) is 24.0 Å². The van der Waals surface area contributed by atoms with E-state index in [4.69, 9.17) is 4.99 Å². The van der Waals surface area contributed by atoms with Crippen molar-refractivity contribution < 1.29 is 0 Å². The van der Waals surface area contributed by atoms with Crippen molar-refractivity contribution in [3.8, 4) is 0 Å². The minimum absolute atomic E-state index is 0. The number of para-hydroxylation sites is 1. The van der Waals surface area contributed by atoms with Gasteiger partial charge < -0.3 is 14.8 Å². The summed E-state index contributed by atoms with van der Waals surface area (Å²) >= 11 is 0. The van der Waals surface area contributed by atoms with Gasteiger partial charge in [0.15, 0.2) is 5.96 Å². The molecule has 124 valence electrons. The number of halogens is 1. The lowest BCUT2D eigenvalue weighted by Crippen LogP contribution is -2.40. The van der Waals surface area contributed by atoms with Crippen LogP contribution in [0, 0.1) is 0 Å². The van der Waals surface area contributed by atoms with Crippen LogP contribution in [0.15, 0.2) is 48.0 Å². The smallest absolute Gasteiger partial charge is 0.198 e. The SMILES string of the molecule is CCNC(=NCCCn1ccnc1)N1CCc2ccccc21.I. The molecular formula is C17H24IN5. The number of rotatable bonds is 5. The maximum Gasteiger partial charge on any atom is 0.198 e. The zero-order chi connectivity index (χ0) is 15.2. The zero-order valence-corrected chi connectivity index (χ0v) is 15.8. The van der Waals surface area contributed by atoms with Crippen molar-refractivity contribution in [3.05, 3.63) is 48.5 Å². The molecule has 2 aromatic rings. The predicted molar refractivity (Wildman–Crippen MR) is 106 cm³/mol. The molecule has 6 heteroatoms. The number of nitrogens with one attached hydrogen (secondary N) is 1. The number of aliphatic imine (C=N–C) groups is 1. The monoisotopic (exact) mass is 425 g/mol. The van der Waals surface area contributed by atoms with Gasteiger partial charge in [0, 0.05) is 44.3 Å². The fraction of sp³-hybridized carbons (Fsp3) is 0.412. The van der Waals surface area contributed by atoms with E-state index in [0.717, 1.165) is 45.0 Å². The molecule has 0 amide bonds. The first kappa shape index (κ1) is 17.8. The van der Waals surface area contributed by atoms with Crippen LogP contribution in [0.5, 0.6) is 0 Å². The Balaban J connectivity index is 0.00000192. The summed E-state index contributed by atoms with van der Waals surface area (Å²) in [5.41, 5.74) is 2.70. The summed E-state index contributed by atoms with van der Waals surface area (Å²) < 4.78 is 2.09. The maximum absolute atomic E-state index is 4.79. The van der Waals surface area contributed by atoms with E-state index in [1.807, 2.05) is 18.7 Å². The molecule has 0 atom stereocenters. The van der Waals surface area contributed by atoms with E-state index < -0.39 is 0 Å². The van der Waals surface area contributed by atoms with Crippen molar-refractivity contribution in [2.75, 3.05) is 24.5 Å². The largest absolute Gasteiger partial charge is 0.356 e. The van der Waals surface area contributed by atoms with Crippen molar-refractivity contribution in [2.45, 2.75) is 26.3 Å². The molecule has 0 fully saturated rings. The summed E-state index contributed by atoms with van der Waals surface area (Å²) in [6, 6.07) is 8.59. The maximum atomic E-state index is 4.79. The zero-order valence-electron chi connectivity index (χ0n) is 13.5. The molecule has 0 unspecified atom stereocenters. The Bertz CT molecular complexity index is 624. The fourth-order valence-electron chi connectivity index (χ4n) is 2.81. The fourth-order valence-corrected chi connectivity index (χ4v) is 2.81. The minimum atomic E-state index is 0. The number of imidazole rings is 1. The summed E-state index contributed by atoms with van der Waals surface area (Å²) in [5.74, 6) is 0.998. The first-order valence-corrected chi connectivity index (χ1v) is 7.98. The highest BCUT2D eigenvalue weighted by Crippen LogP contribution is 2.27. The average molecular weight is 425 g/mol. The molecule has 23 heavy (non-hydrogen) atoms. The van der Waals surface area contributed by atoms with E-state index in [9.17, 15) is 0 Å². The Morgan fingerprint density at radius 3 is 3.00 bits per heavy atom. The molecular weight excluding hydrogens is 401 g/mol. The van der Waals surface area contributed by atoms with Gasteiger partial charge in [-0.3, -0.25) is 4.99 Å². The molecule has 0 saturated heterocycles. The summed E-state index contributed by atoms with van der Waals surface area (Å²) in [6.07, 6.45) is 7.77. The number of aryl methyl sites for hydroxylation is 1.